The summed E-state index contributed by atoms with van der Waals surface area (Å²) >= 11 is 1.68. The molecule has 2 aromatic rings. The quantitative estimate of drug-likeness (QED) is 0.823. The first kappa shape index (κ1) is 15.5. The number of pyridine rings is 1. The van der Waals surface area contributed by atoms with E-state index in [9.17, 15) is 4.79 Å². The van der Waals surface area contributed by atoms with Crippen LogP contribution in [0.2, 0.25) is 0 Å². The van der Waals surface area contributed by atoms with E-state index in [-0.39, 0.29) is 5.91 Å². The van der Waals surface area contributed by atoms with Crippen LogP contribution < -0.4 is 10.6 Å². The predicted molar refractivity (Wildman–Crippen MR) is 87.9 cm³/mol. The third-order valence-electron chi connectivity index (χ3n) is 3.17. The Kier molecular flexibility index (Phi) is 5.75. The number of carbonyl (C=O) groups is 1. The van der Waals surface area contributed by atoms with Crippen molar-refractivity contribution in [2.24, 2.45) is 0 Å². The minimum Gasteiger partial charge on any atom is -0.370 e. The van der Waals surface area contributed by atoms with Crippen LogP contribution in [-0.4, -0.2) is 17.4 Å². The topological polar surface area (TPSA) is 54.0 Å². The van der Waals surface area contributed by atoms with Crippen LogP contribution in [0.3, 0.4) is 0 Å². The highest BCUT2D eigenvalue weighted by molar-refractivity contribution is 7.10. The lowest BCUT2D eigenvalue weighted by atomic mass is 10.2. The first-order valence-electron chi connectivity index (χ1n) is 7.29. The summed E-state index contributed by atoms with van der Waals surface area (Å²) in [5, 5.41) is 8.19. The first-order valence-corrected chi connectivity index (χ1v) is 8.17. The van der Waals surface area contributed by atoms with E-state index in [1.165, 1.54) is 10.4 Å². The van der Waals surface area contributed by atoms with Gasteiger partial charge in [0.05, 0.1) is 6.54 Å². The van der Waals surface area contributed by atoms with E-state index >= 15 is 0 Å². The second kappa shape index (κ2) is 7.78. The molecule has 0 aliphatic heterocycles. The maximum atomic E-state index is 12.2. The van der Waals surface area contributed by atoms with Crippen molar-refractivity contribution in [2.45, 2.75) is 33.2 Å². The van der Waals surface area contributed by atoms with Crippen molar-refractivity contribution in [3.05, 3.63) is 45.8 Å². The summed E-state index contributed by atoms with van der Waals surface area (Å²) in [5.41, 5.74) is 1.75. The molecule has 21 heavy (non-hydrogen) atoms. The number of rotatable bonds is 7. The maximum Gasteiger partial charge on any atom is 0.270 e. The zero-order valence-corrected chi connectivity index (χ0v) is 13.3. The molecule has 4 nitrogen and oxygen atoms in total. The van der Waals surface area contributed by atoms with Gasteiger partial charge in [-0.05, 0) is 42.0 Å². The van der Waals surface area contributed by atoms with Gasteiger partial charge in [-0.1, -0.05) is 19.9 Å². The van der Waals surface area contributed by atoms with Crippen LogP contribution >= 0.6 is 11.3 Å². The summed E-state index contributed by atoms with van der Waals surface area (Å²) in [7, 11) is 0. The Hall–Kier alpha value is -1.88. The van der Waals surface area contributed by atoms with Gasteiger partial charge in [0.15, 0.2) is 0 Å². The molecule has 0 spiro atoms. The molecule has 2 aromatic heterocycles. The van der Waals surface area contributed by atoms with E-state index in [0.717, 1.165) is 25.2 Å². The number of carbonyl (C=O) groups excluding carboxylic acids is 1. The SMILES string of the molecule is CCCNc1cccc(C(=O)NCc2sccc2CC)n1. The Morgan fingerprint density at radius 3 is 2.90 bits per heavy atom. The molecule has 0 atom stereocenters. The highest BCUT2D eigenvalue weighted by Crippen LogP contribution is 2.17. The van der Waals surface area contributed by atoms with Gasteiger partial charge in [-0.25, -0.2) is 4.98 Å². The van der Waals surface area contributed by atoms with Crippen LogP contribution in [0, 0.1) is 0 Å². The Labute approximate surface area is 129 Å². The molecule has 5 heteroatoms. The molecule has 2 rings (SSSR count). The van der Waals surface area contributed by atoms with Gasteiger partial charge in [-0.3, -0.25) is 4.79 Å². The summed E-state index contributed by atoms with van der Waals surface area (Å²) in [4.78, 5) is 17.7. The number of hydrogen-bond acceptors (Lipinski definition) is 4. The van der Waals surface area contributed by atoms with Gasteiger partial charge in [-0.15, -0.1) is 11.3 Å². The first-order chi connectivity index (χ1) is 10.2. The van der Waals surface area contributed by atoms with Crippen molar-refractivity contribution >= 4 is 23.1 Å². The molecule has 0 fully saturated rings. The average molecular weight is 303 g/mol. The molecule has 0 bridgehead atoms. The zero-order chi connectivity index (χ0) is 15.1. The standard InChI is InChI=1S/C16H21N3OS/c1-3-9-17-15-7-5-6-13(19-15)16(20)18-11-14-12(4-2)8-10-21-14/h5-8,10H,3-4,9,11H2,1-2H3,(H,17,19)(H,18,20). The number of anilines is 1. The number of aromatic nitrogens is 1. The van der Waals surface area contributed by atoms with E-state index in [1.54, 1.807) is 17.4 Å². The number of thiophene rings is 1. The molecule has 2 heterocycles. The monoisotopic (exact) mass is 303 g/mol. The molecule has 0 saturated carbocycles. The van der Waals surface area contributed by atoms with Crippen molar-refractivity contribution in [1.82, 2.24) is 10.3 Å². The van der Waals surface area contributed by atoms with Crippen LogP contribution in [0.1, 0.15) is 41.2 Å². The van der Waals surface area contributed by atoms with Gasteiger partial charge in [-0.2, -0.15) is 0 Å². The smallest absolute Gasteiger partial charge is 0.270 e. The molecule has 0 saturated heterocycles. The summed E-state index contributed by atoms with van der Waals surface area (Å²) in [6.45, 7) is 5.63. The lowest BCUT2D eigenvalue weighted by Crippen LogP contribution is -2.24. The molecule has 0 radical (unpaired) electrons. The second-order valence-electron chi connectivity index (χ2n) is 4.74. The van der Waals surface area contributed by atoms with Gasteiger partial charge in [0.25, 0.3) is 5.91 Å². The minimum absolute atomic E-state index is 0.134. The molecule has 0 aromatic carbocycles. The molecule has 1 amide bonds. The molecule has 112 valence electrons. The maximum absolute atomic E-state index is 12.2. The van der Waals surface area contributed by atoms with Gasteiger partial charge in [0.1, 0.15) is 11.5 Å². The number of hydrogen-bond donors (Lipinski definition) is 2. The molecular weight excluding hydrogens is 282 g/mol. The Morgan fingerprint density at radius 1 is 1.29 bits per heavy atom. The van der Waals surface area contributed by atoms with Crippen molar-refractivity contribution < 1.29 is 4.79 Å². The highest BCUT2D eigenvalue weighted by Gasteiger charge is 2.09. The fourth-order valence-corrected chi connectivity index (χ4v) is 2.92. The third kappa shape index (κ3) is 4.29. The molecule has 0 aliphatic carbocycles. The fraction of sp³-hybridized carbons (Fsp3) is 0.375. The summed E-state index contributed by atoms with van der Waals surface area (Å²) in [6.07, 6.45) is 2.01. The molecule has 2 N–H and O–H groups in total. The number of nitrogens with one attached hydrogen (secondary N) is 2. The van der Waals surface area contributed by atoms with Crippen molar-refractivity contribution in [3.63, 3.8) is 0 Å². The zero-order valence-electron chi connectivity index (χ0n) is 12.5. The fourth-order valence-electron chi connectivity index (χ4n) is 2.00. The van der Waals surface area contributed by atoms with Crippen molar-refractivity contribution in [1.29, 1.82) is 0 Å². The lowest BCUT2D eigenvalue weighted by Gasteiger charge is -2.07. The average Bonchev–Trinajstić information content (AvgIpc) is 2.98. The largest absolute Gasteiger partial charge is 0.370 e. The van der Waals surface area contributed by atoms with E-state index < -0.39 is 0 Å². The van der Waals surface area contributed by atoms with E-state index in [1.807, 2.05) is 12.1 Å². The Balaban J connectivity index is 1.97. The van der Waals surface area contributed by atoms with Crippen LogP contribution in [0.4, 0.5) is 5.82 Å². The third-order valence-corrected chi connectivity index (χ3v) is 4.13. The second-order valence-corrected chi connectivity index (χ2v) is 5.74. The molecule has 0 unspecified atom stereocenters. The summed E-state index contributed by atoms with van der Waals surface area (Å²) in [6, 6.07) is 7.57. The van der Waals surface area contributed by atoms with Crippen LogP contribution in [0.15, 0.2) is 29.6 Å². The van der Waals surface area contributed by atoms with Gasteiger partial charge < -0.3 is 10.6 Å². The number of nitrogens with zero attached hydrogens (tertiary/aromatic N) is 1. The van der Waals surface area contributed by atoms with Crippen LogP contribution in [0.25, 0.3) is 0 Å². The van der Waals surface area contributed by atoms with Gasteiger partial charge in [0.2, 0.25) is 0 Å². The Bertz CT molecular complexity index is 595. The van der Waals surface area contributed by atoms with Gasteiger partial charge in [0, 0.05) is 11.4 Å². The number of aryl methyl sites for hydroxylation is 1. The normalized spacial score (nSPS) is 10.4. The summed E-state index contributed by atoms with van der Waals surface area (Å²) in [5.74, 6) is 0.612. The molecule has 0 aliphatic rings. The van der Waals surface area contributed by atoms with E-state index in [0.29, 0.717) is 12.2 Å². The predicted octanol–water partition coefficient (Wildman–Crippen LogP) is 3.46. The molecular formula is C16H21N3OS. The number of amides is 1. The van der Waals surface area contributed by atoms with Crippen molar-refractivity contribution in [3.8, 4) is 0 Å². The van der Waals surface area contributed by atoms with Crippen molar-refractivity contribution in [2.75, 3.05) is 11.9 Å². The minimum atomic E-state index is -0.134. The van der Waals surface area contributed by atoms with Gasteiger partial charge >= 0.3 is 0 Å². The lowest BCUT2D eigenvalue weighted by molar-refractivity contribution is 0.0946. The Morgan fingerprint density at radius 2 is 2.14 bits per heavy atom. The van der Waals surface area contributed by atoms with E-state index in [2.05, 4.69) is 40.9 Å². The van der Waals surface area contributed by atoms with Crippen LogP contribution in [-0.2, 0) is 13.0 Å². The van der Waals surface area contributed by atoms with Crippen LogP contribution in [0.5, 0.6) is 0 Å². The summed E-state index contributed by atoms with van der Waals surface area (Å²) < 4.78 is 0. The highest BCUT2D eigenvalue weighted by atomic mass is 32.1. The van der Waals surface area contributed by atoms with E-state index in [4.69, 9.17) is 0 Å².